The highest BCUT2D eigenvalue weighted by atomic mass is 32.2. The highest BCUT2D eigenvalue weighted by Crippen LogP contribution is 2.35. The lowest BCUT2D eigenvalue weighted by Crippen LogP contribution is -2.53. The predicted octanol–water partition coefficient (Wildman–Crippen LogP) is 3.13. The Hall–Kier alpha value is -0.630. The van der Waals surface area contributed by atoms with E-state index in [4.69, 9.17) is 4.74 Å². The van der Waals surface area contributed by atoms with E-state index in [0.717, 1.165) is 50.9 Å². The molecule has 2 saturated carbocycles. The molecule has 3 atom stereocenters. The lowest BCUT2D eigenvalue weighted by atomic mass is 9.82. The molecular weight excluding hydrogens is 366 g/mol. The minimum Gasteiger partial charge on any atom is -0.375 e. The molecule has 0 bridgehead atoms. The van der Waals surface area contributed by atoms with Crippen LogP contribution < -0.4 is 10.6 Å². The second-order valence-corrected chi connectivity index (χ2v) is 10.2. The molecule has 1 aromatic heterocycles. The number of hydrogen-bond acceptors (Lipinski definition) is 6. The Morgan fingerprint density at radius 3 is 2.92 bits per heavy atom. The van der Waals surface area contributed by atoms with Gasteiger partial charge in [0.2, 0.25) is 5.91 Å². The summed E-state index contributed by atoms with van der Waals surface area (Å²) in [5.74, 6) is 0.415. The summed E-state index contributed by atoms with van der Waals surface area (Å²) >= 11 is 3.67. The zero-order valence-corrected chi connectivity index (χ0v) is 17.0. The van der Waals surface area contributed by atoms with Gasteiger partial charge in [-0.15, -0.1) is 11.3 Å². The Kier molecular flexibility index (Phi) is 6.18. The first-order valence-corrected chi connectivity index (χ1v) is 11.7. The summed E-state index contributed by atoms with van der Waals surface area (Å²) < 4.78 is 7.01. The van der Waals surface area contributed by atoms with Crippen LogP contribution in [0.1, 0.15) is 50.6 Å². The number of thioether (sulfide) groups is 1. The molecule has 1 aromatic rings. The number of fused-ring (bicyclic) bond motifs is 1. The molecule has 5 nitrogen and oxygen atoms in total. The van der Waals surface area contributed by atoms with Gasteiger partial charge in [0, 0.05) is 40.9 Å². The smallest absolute Gasteiger partial charge is 0.223 e. The highest BCUT2D eigenvalue weighted by molar-refractivity contribution is 8.01. The number of hydrogen-bond donors (Lipinski definition) is 2. The lowest BCUT2D eigenvalue weighted by Gasteiger charge is -2.39. The first-order chi connectivity index (χ1) is 12.7. The van der Waals surface area contributed by atoms with Gasteiger partial charge in [-0.1, -0.05) is 11.8 Å². The third-order valence-corrected chi connectivity index (χ3v) is 8.31. The van der Waals surface area contributed by atoms with E-state index in [0.29, 0.717) is 23.4 Å². The van der Waals surface area contributed by atoms with Gasteiger partial charge in [-0.25, -0.2) is 4.98 Å². The van der Waals surface area contributed by atoms with Crippen molar-refractivity contribution >= 4 is 29.0 Å². The average molecular weight is 396 g/mol. The molecule has 1 saturated heterocycles. The number of thiazole rings is 1. The van der Waals surface area contributed by atoms with Crippen molar-refractivity contribution in [2.24, 2.45) is 5.92 Å². The zero-order chi connectivity index (χ0) is 17.9. The van der Waals surface area contributed by atoms with Crippen LogP contribution in [0.5, 0.6) is 0 Å². The van der Waals surface area contributed by atoms with Crippen LogP contribution in [0.25, 0.3) is 0 Å². The molecule has 26 heavy (non-hydrogen) atoms. The van der Waals surface area contributed by atoms with Gasteiger partial charge in [0.1, 0.15) is 4.34 Å². The first-order valence-electron chi connectivity index (χ1n) is 9.91. The van der Waals surface area contributed by atoms with Crippen molar-refractivity contribution in [1.82, 2.24) is 15.6 Å². The van der Waals surface area contributed by atoms with E-state index < -0.39 is 0 Å². The Morgan fingerprint density at radius 1 is 1.31 bits per heavy atom. The molecule has 3 aliphatic rings. The van der Waals surface area contributed by atoms with E-state index in [9.17, 15) is 4.79 Å². The maximum atomic E-state index is 12.7. The molecule has 0 aromatic carbocycles. The summed E-state index contributed by atoms with van der Waals surface area (Å²) in [4.78, 5) is 17.3. The molecule has 7 heteroatoms. The minimum atomic E-state index is 0.149. The monoisotopic (exact) mass is 395 g/mol. The molecule has 3 fully saturated rings. The van der Waals surface area contributed by atoms with Crippen LogP contribution >= 0.6 is 23.1 Å². The van der Waals surface area contributed by atoms with Crippen molar-refractivity contribution in [3.63, 3.8) is 0 Å². The van der Waals surface area contributed by atoms with Crippen molar-refractivity contribution in [2.45, 2.75) is 79.6 Å². The number of amides is 1. The van der Waals surface area contributed by atoms with E-state index in [-0.39, 0.29) is 11.8 Å². The van der Waals surface area contributed by atoms with Crippen LogP contribution in [0.15, 0.2) is 9.72 Å². The number of morpholine rings is 1. The van der Waals surface area contributed by atoms with Crippen LogP contribution in [0, 0.1) is 12.8 Å². The van der Waals surface area contributed by atoms with E-state index in [1.165, 1.54) is 17.2 Å². The minimum absolute atomic E-state index is 0.149. The summed E-state index contributed by atoms with van der Waals surface area (Å²) in [6, 6.07) is 0.716. The molecule has 2 N–H and O–H groups in total. The van der Waals surface area contributed by atoms with Gasteiger partial charge in [0.05, 0.1) is 12.7 Å². The van der Waals surface area contributed by atoms with Crippen molar-refractivity contribution in [3.05, 3.63) is 11.1 Å². The molecule has 2 aliphatic carbocycles. The third kappa shape index (κ3) is 4.61. The fourth-order valence-corrected chi connectivity index (χ4v) is 6.71. The van der Waals surface area contributed by atoms with Crippen LogP contribution in [-0.2, 0) is 9.53 Å². The van der Waals surface area contributed by atoms with Gasteiger partial charge in [-0.3, -0.25) is 4.79 Å². The van der Waals surface area contributed by atoms with Crippen molar-refractivity contribution < 1.29 is 9.53 Å². The standard InChI is InChI=1S/C19H29N3O2S2/c1-12-11-25-19(21-12)26-15-5-3-14(4-6-15)22-18(23)13-2-7-17-16(10-13)20-8-9-24-17/h11,13-17,20H,2-10H2,1H3,(H,22,23)/t13-,14?,15?,16+,17+/m0/s1. The second kappa shape index (κ2) is 8.59. The molecule has 4 rings (SSSR count). The number of rotatable bonds is 4. The Morgan fingerprint density at radius 2 is 2.15 bits per heavy atom. The summed E-state index contributed by atoms with van der Waals surface area (Å²) in [7, 11) is 0. The number of aryl methyl sites for hydroxylation is 1. The van der Waals surface area contributed by atoms with Gasteiger partial charge >= 0.3 is 0 Å². The van der Waals surface area contributed by atoms with Gasteiger partial charge < -0.3 is 15.4 Å². The maximum absolute atomic E-state index is 12.7. The number of nitrogens with zero attached hydrogens (tertiary/aromatic N) is 1. The van der Waals surface area contributed by atoms with E-state index >= 15 is 0 Å². The molecule has 1 amide bonds. The summed E-state index contributed by atoms with van der Waals surface area (Å²) in [5.41, 5.74) is 1.12. The second-order valence-electron chi connectivity index (χ2n) is 7.83. The first kappa shape index (κ1) is 18.7. The van der Waals surface area contributed by atoms with E-state index in [2.05, 4.69) is 27.9 Å². The molecule has 0 spiro atoms. The number of nitrogens with one attached hydrogen (secondary N) is 2. The Balaban J connectivity index is 1.21. The average Bonchev–Trinajstić information content (AvgIpc) is 3.07. The lowest BCUT2D eigenvalue weighted by molar-refractivity contribution is -0.129. The Labute approximate surface area is 164 Å². The fourth-order valence-electron chi connectivity index (χ4n) is 4.42. The van der Waals surface area contributed by atoms with Gasteiger partial charge in [-0.2, -0.15) is 0 Å². The highest BCUT2D eigenvalue weighted by Gasteiger charge is 2.36. The quantitative estimate of drug-likeness (QED) is 0.820. The molecule has 144 valence electrons. The predicted molar refractivity (Wildman–Crippen MR) is 106 cm³/mol. The SMILES string of the molecule is Cc1csc(SC2CCC(NC(=O)[C@H]3CC[C@H]4OCCN[C@@H]4C3)CC2)n1. The number of aromatic nitrogens is 1. The topological polar surface area (TPSA) is 63.2 Å². The summed E-state index contributed by atoms with van der Waals surface area (Å²) in [5, 5.41) is 9.64. The number of carbonyl (C=O) groups excluding carboxylic acids is 1. The molecule has 2 heterocycles. The van der Waals surface area contributed by atoms with Crippen LogP contribution in [0.4, 0.5) is 0 Å². The largest absolute Gasteiger partial charge is 0.375 e. The molecule has 0 radical (unpaired) electrons. The fraction of sp³-hybridized carbons (Fsp3) is 0.789. The molecule has 0 unspecified atom stereocenters. The van der Waals surface area contributed by atoms with Crippen molar-refractivity contribution in [2.75, 3.05) is 13.2 Å². The van der Waals surface area contributed by atoms with E-state index in [1.807, 2.05) is 11.8 Å². The van der Waals surface area contributed by atoms with Gasteiger partial charge in [0.15, 0.2) is 0 Å². The number of carbonyl (C=O) groups is 1. The number of ether oxygens (including phenoxy) is 1. The Bertz CT molecular complexity index is 616. The molecule has 1 aliphatic heterocycles. The normalized spacial score (nSPS) is 34.9. The summed E-state index contributed by atoms with van der Waals surface area (Å²) in [6.45, 7) is 3.77. The van der Waals surface area contributed by atoms with E-state index in [1.54, 1.807) is 11.3 Å². The molecular formula is C19H29N3O2S2. The van der Waals surface area contributed by atoms with Crippen molar-refractivity contribution in [1.29, 1.82) is 0 Å². The summed E-state index contributed by atoms with van der Waals surface area (Å²) in [6.07, 6.45) is 7.72. The van der Waals surface area contributed by atoms with Gasteiger partial charge in [-0.05, 0) is 51.9 Å². The van der Waals surface area contributed by atoms with Crippen LogP contribution in [-0.4, -0.2) is 47.5 Å². The maximum Gasteiger partial charge on any atom is 0.223 e. The van der Waals surface area contributed by atoms with Gasteiger partial charge in [0.25, 0.3) is 0 Å². The third-order valence-electron chi connectivity index (χ3n) is 5.88. The van der Waals surface area contributed by atoms with Crippen molar-refractivity contribution in [3.8, 4) is 0 Å². The van der Waals surface area contributed by atoms with Crippen LogP contribution in [0.3, 0.4) is 0 Å². The zero-order valence-electron chi connectivity index (χ0n) is 15.4. The van der Waals surface area contributed by atoms with Crippen LogP contribution in [0.2, 0.25) is 0 Å².